The Labute approximate surface area is 134 Å². The molecule has 4 rings (SSSR count). The number of benzene rings is 1. The average molecular weight is 362 g/mol. The summed E-state index contributed by atoms with van der Waals surface area (Å²) in [6.07, 6.45) is 3.12. The van der Waals surface area contributed by atoms with Crippen LogP contribution in [0.2, 0.25) is 0 Å². The van der Waals surface area contributed by atoms with Gasteiger partial charge < -0.3 is 10.0 Å². The summed E-state index contributed by atoms with van der Waals surface area (Å²) < 4.78 is 2.57. The number of fused-ring (bicyclic) bond motifs is 5. The first kappa shape index (κ1) is 13.5. The zero-order valence-electron chi connectivity index (χ0n) is 11.5. The van der Waals surface area contributed by atoms with E-state index in [2.05, 4.69) is 20.9 Å². The fraction of sp³-hybridized carbons (Fsp3) is 0.267. The Balaban J connectivity index is 2.05. The predicted molar refractivity (Wildman–Crippen MR) is 81.2 cm³/mol. The monoisotopic (exact) mass is 361 g/mol. The van der Waals surface area contributed by atoms with Crippen LogP contribution in [0.25, 0.3) is 5.69 Å². The Morgan fingerprint density at radius 2 is 2.23 bits per heavy atom. The maximum absolute atomic E-state index is 12.8. The van der Waals surface area contributed by atoms with E-state index >= 15 is 0 Å². The lowest BCUT2D eigenvalue weighted by Gasteiger charge is -2.22. The van der Waals surface area contributed by atoms with Gasteiger partial charge in [-0.3, -0.25) is 9.36 Å². The second-order valence-corrected chi connectivity index (χ2v) is 6.39. The molecule has 1 unspecified atom stereocenters. The van der Waals surface area contributed by atoms with Crippen molar-refractivity contribution >= 4 is 27.8 Å². The number of carbonyl (C=O) groups is 2. The molecule has 0 saturated carbocycles. The Hall–Kier alpha value is -2.15. The topological polar surface area (TPSA) is 75.4 Å². The van der Waals surface area contributed by atoms with E-state index < -0.39 is 5.97 Å². The first-order chi connectivity index (χ1) is 10.6. The number of imidazole rings is 1. The molecule has 1 atom stereocenters. The Morgan fingerprint density at radius 3 is 3.00 bits per heavy atom. The number of halogens is 1. The van der Waals surface area contributed by atoms with E-state index in [0.29, 0.717) is 23.5 Å². The van der Waals surface area contributed by atoms with Gasteiger partial charge in [0, 0.05) is 11.0 Å². The number of aromatic nitrogens is 2. The summed E-state index contributed by atoms with van der Waals surface area (Å²) in [6.45, 7) is 0.639. The molecule has 2 aromatic rings. The molecule has 112 valence electrons. The summed E-state index contributed by atoms with van der Waals surface area (Å²) in [5.41, 5.74) is 1.87. The third-order valence-electron chi connectivity index (χ3n) is 4.28. The molecule has 1 amide bonds. The third kappa shape index (κ3) is 1.75. The third-order valence-corrected chi connectivity index (χ3v) is 4.78. The van der Waals surface area contributed by atoms with Crippen LogP contribution in [0.3, 0.4) is 0 Å². The molecule has 6 nitrogen and oxygen atoms in total. The van der Waals surface area contributed by atoms with E-state index in [4.69, 9.17) is 0 Å². The van der Waals surface area contributed by atoms with Crippen LogP contribution in [0.15, 0.2) is 29.0 Å². The molecule has 1 aromatic carbocycles. The molecule has 3 heterocycles. The van der Waals surface area contributed by atoms with E-state index in [0.717, 1.165) is 17.3 Å². The Morgan fingerprint density at radius 1 is 1.41 bits per heavy atom. The first-order valence-corrected chi connectivity index (χ1v) is 7.78. The van der Waals surface area contributed by atoms with Crippen molar-refractivity contribution in [3.05, 3.63) is 46.0 Å². The first-order valence-electron chi connectivity index (χ1n) is 6.99. The van der Waals surface area contributed by atoms with Crippen LogP contribution in [-0.2, 0) is 0 Å². The lowest BCUT2D eigenvalue weighted by atomic mass is 10.1. The highest BCUT2D eigenvalue weighted by atomic mass is 79.9. The lowest BCUT2D eigenvalue weighted by Crippen LogP contribution is -2.30. The largest absolute Gasteiger partial charge is 0.476 e. The molecular weight excluding hydrogens is 350 g/mol. The van der Waals surface area contributed by atoms with Crippen LogP contribution in [-0.4, -0.2) is 38.0 Å². The van der Waals surface area contributed by atoms with Crippen molar-refractivity contribution in [1.82, 2.24) is 14.5 Å². The van der Waals surface area contributed by atoms with Gasteiger partial charge in [0.25, 0.3) is 5.91 Å². The van der Waals surface area contributed by atoms with Gasteiger partial charge in [-0.15, -0.1) is 0 Å². The molecular formula is C15H12BrN3O3. The standard InChI is InChI=1S/C15H12BrN3O3/c16-8-3-4-10-9(6-8)14(20)18-5-1-2-11(18)13-12(15(21)22)17-7-19(10)13/h3-4,6-7,11H,1-2,5H2,(H,21,22). The Kier molecular flexibility index (Phi) is 2.87. The van der Waals surface area contributed by atoms with Gasteiger partial charge in [-0.05, 0) is 31.0 Å². The SMILES string of the molecule is O=C(O)c1ncn2c1C1CCCN1C(=O)c1cc(Br)ccc1-2. The van der Waals surface area contributed by atoms with Gasteiger partial charge in [-0.25, -0.2) is 9.78 Å². The van der Waals surface area contributed by atoms with Crippen molar-refractivity contribution in [2.24, 2.45) is 0 Å². The van der Waals surface area contributed by atoms with Crippen LogP contribution >= 0.6 is 15.9 Å². The molecule has 0 bridgehead atoms. The maximum Gasteiger partial charge on any atom is 0.356 e. The molecule has 1 fully saturated rings. The molecule has 0 spiro atoms. The molecule has 7 heteroatoms. The van der Waals surface area contributed by atoms with Gasteiger partial charge in [0.1, 0.15) is 6.33 Å². The number of carbonyl (C=O) groups excluding carboxylic acids is 1. The minimum Gasteiger partial charge on any atom is -0.476 e. The van der Waals surface area contributed by atoms with Crippen molar-refractivity contribution in [3.8, 4) is 5.69 Å². The molecule has 1 N–H and O–H groups in total. The minimum atomic E-state index is -1.06. The fourth-order valence-electron chi connectivity index (χ4n) is 3.37. The smallest absolute Gasteiger partial charge is 0.356 e. The number of carboxylic acids is 1. The molecule has 1 saturated heterocycles. The predicted octanol–water partition coefficient (Wildman–Crippen LogP) is 2.62. The van der Waals surface area contributed by atoms with Gasteiger partial charge in [0.15, 0.2) is 5.69 Å². The number of rotatable bonds is 1. The van der Waals surface area contributed by atoms with E-state index in [1.165, 1.54) is 6.33 Å². The normalized spacial score (nSPS) is 19.4. The molecule has 0 radical (unpaired) electrons. The van der Waals surface area contributed by atoms with Gasteiger partial charge in [-0.2, -0.15) is 0 Å². The summed E-state index contributed by atoms with van der Waals surface area (Å²) in [4.78, 5) is 30.2. The maximum atomic E-state index is 12.8. The van der Waals surface area contributed by atoms with Crippen LogP contribution in [0.5, 0.6) is 0 Å². The van der Waals surface area contributed by atoms with Crippen LogP contribution in [0, 0.1) is 0 Å². The summed E-state index contributed by atoms with van der Waals surface area (Å²) in [6, 6.07) is 5.21. The quantitative estimate of drug-likeness (QED) is 0.846. The highest BCUT2D eigenvalue weighted by molar-refractivity contribution is 9.10. The number of nitrogens with zero attached hydrogens (tertiary/aromatic N) is 3. The van der Waals surface area contributed by atoms with Crippen molar-refractivity contribution < 1.29 is 14.7 Å². The molecule has 2 aliphatic rings. The van der Waals surface area contributed by atoms with Crippen LogP contribution in [0.1, 0.15) is 45.4 Å². The molecule has 1 aromatic heterocycles. The number of aromatic carboxylic acids is 1. The lowest BCUT2D eigenvalue weighted by molar-refractivity contribution is 0.0673. The van der Waals surface area contributed by atoms with Gasteiger partial charge in [0.05, 0.1) is 23.0 Å². The van der Waals surface area contributed by atoms with Gasteiger partial charge in [0.2, 0.25) is 0 Å². The summed E-state index contributed by atoms with van der Waals surface area (Å²) in [7, 11) is 0. The zero-order chi connectivity index (χ0) is 15.4. The van der Waals surface area contributed by atoms with Crippen molar-refractivity contribution in [1.29, 1.82) is 0 Å². The number of hydrogen-bond donors (Lipinski definition) is 1. The zero-order valence-corrected chi connectivity index (χ0v) is 13.1. The minimum absolute atomic E-state index is 0.0282. The van der Waals surface area contributed by atoms with Gasteiger partial charge in [-0.1, -0.05) is 15.9 Å². The molecule has 0 aliphatic carbocycles. The summed E-state index contributed by atoms with van der Waals surface area (Å²) >= 11 is 3.39. The fourth-order valence-corrected chi connectivity index (χ4v) is 3.73. The van der Waals surface area contributed by atoms with E-state index in [9.17, 15) is 14.7 Å². The average Bonchev–Trinajstić information content (AvgIpc) is 3.10. The van der Waals surface area contributed by atoms with E-state index in [1.54, 1.807) is 15.5 Å². The summed E-state index contributed by atoms with van der Waals surface area (Å²) in [5.74, 6) is -1.12. The van der Waals surface area contributed by atoms with E-state index in [1.807, 2.05) is 12.1 Å². The number of carboxylic acid groups (broad SMARTS) is 1. The second kappa shape index (κ2) is 4.67. The van der Waals surface area contributed by atoms with Crippen LogP contribution < -0.4 is 0 Å². The van der Waals surface area contributed by atoms with E-state index in [-0.39, 0.29) is 17.6 Å². The van der Waals surface area contributed by atoms with Crippen molar-refractivity contribution in [2.45, 2.75) is 18.9 Å². The van der Waals surface area contributed by atoms with Crippen molar-refractivity contribution in [2.75, 3.05) is 6.54 Å². The molecule has 22 heavy (non-hydrogen) atoms. The van der Waals surface area contributed by atoms with Crippen LogP contribution in [0.4, 0.5) is 0 Å². The van der Waals surface area contributed by atoms with Crippen molar-refractivity contribution in [3.63, 3.8) is 0 Å². The Bertz CT molecular complexity index is 814. The summed E-state index contributed by atoms with van der Waals surface area (Å²) in [5, 5.41) is 9.41. The number of amides is 1. The highest BCUT2D eigenvalue weighted by Crippen LogP contribution is 2.40. The number of hydrogen-bond acceptors (Lipinski definition) is 3. The highest BCUT2D eigenvalue weighted by Gasteiger charge is 2.39. The second-order valence-electron chi connectivity index (χ2n) is 5.47. The molecule has 2 aliphatic heterocycles. The van der Waals surface area contributed by atoms with Gasteiger partial charge >= 0.3 is 5.97 Å².